The van der Waals surface area contributed by atoms with Crippen molar-refractivity contribution >= 4 is 5.97 Å². The van der Waals surface area contributed by atoms with Crippen molar-refractivity contribution in [2.75, 3.05) is 0 Å². The fourth-order valence-corrected chi connectivity index (χ4v) is 1.84. The molecular formula is C13H10N4O2. The third-order valence-corrected chi connectivity index (χ3v) is 2.75. The summed E-state index contributed by atoms with van der Waals surface area (Å²) in [7, 11) is 0. The average Bonchev–Trinajstić information content (AvgIpc) is 3.11. The van der Waals surface area contributed by atoms with Crippen LogP contribution in [-0.2, 0) is 0 Å². The molecule has 1 aromatic carbocycles. The minimum atomic E-state index is -0.969. The second kappa shape index (κ2) is 4.41. The molecule has 1 N–H and O–H groups in total. The molecule has 0 unspecified atom stereocenters. The van der Waals surface area contributed by atoms with Gasteiger partial charge in [0.05, 0.1) is 18.2 Å². The van der Waals surface area contributed by atoms with Gasteiger partial charge in [-0.3, -0.25) is 0 Å². The Morgan fingerprint density at radius 3 is 1.84 bits per heavy atom. The van der Waals surface area contributed by atoms with E-state index < -0.39 is 5.97 Å². The van der Waals surface area contributed by atoms with Crippen molar-refractivity contribution in [1.82, 2.24) is 19.1 Å². The highest BCUT2D eigenvalue weighted by atomic mass is 16.4. The molecule has 3 aromatic rings. The first kappa shape index (κ1) is 11.2. The number of carboxylic acid groups (broad SMARTS) is 1. The quantitative estimate of drug-likeness (QED) is 0.772. The molecule has 0 amide bonds. The van der Waals surface area contributed by atoms with E-state index in [1.54, 1.807) is 58.7 Å². The number of aromatic carboxylic acids is 1. The van der Waals surface area contributed by atoms with Crippen molar-refractivity contribution in [1.29, 1.82) is 0 Å². The molecule has 0 saturated heterocycles. The number of rotatable bonds is 3. The molecule has 0 aliphatic rings. The fraction of sp³-hybridized carbons (Fsp3) is 0. The lowest BCUT2D eigenvalue weighted by Gasteiger charge is -2.09. The van der Waals surface area contributed by atoms with Crippen LogP contribution in [0.1, 0.15) is 10.4 Å². The Kier molecular flexibility index (Phi) is 2.60. The van der Waals surface area contributed by atoms with Crippen LogP contribution in [0.15, 0.2) is 55.6 Å². The van der Waals surface area contributed by atoms with Gasteiger partial charge < -0.3 is 14.2 Å². The highest BCUT2D eigenvalue weighted by Crippen LogP contribution is 2.17. The number of benzene rings is 1. The van der Waals surface area contributed by atoms with Crippen LogP contribution in [0.2, 0.25) is 0 Å². The first-order valence-electron chi connectivity index (χ1n) is 5.59. The van der Waals surface area contributed by atoms with Crippen LogP contribution < -0.4 is 0 Å². The summed E-state index contributed by atoms with van der Waals surface area (Å²) in [5.41, 5.74) is 1.69. The molecule has 19 heavy (non-hydrogen) atoms. The summed E-state index contributed by atoms with van der Waals surface area (Å²) in [4.78, 5) is 19.1. The molecule has 0 aliphatic heterocycles. The fourth-order valence-electron chi connectivity index (χ4n) is 1.84. The highest BCUT2D eigenvalue weighted by molar-refractivity contribution is 5.89. The maximum Gasteiger partial charge on any atom is 0.335 e. The van der Waals surface area contributed by atoms with E-state index >= 15 is 0 Å². The standard InChI is InChI=1S/C13H10N4O2/c18-13(19)10-5-11(16-3-1-14-8-16)7-12(6-10)17-4-2-15-9-17/h1-9H,(H,18,19). The molecule has 0 saturated carbocycles. The zero-order valence-electron chi connectivity index (χ0n) is 9.84. The summed E-state index contributed by atoms with van der Waals surface area (Å²) in [6.07, 6.45) is 10.1. The van der Waals surface area contributed by atoms with Crippen molar-refractivity contribution in [2.45, 2.75) is 0 Å². The van der Waals surface area contributed by atoms with E-state index in [4.69, 9.17) is 0 Å². The Hall–Kier alpha value is -2.89. The molecule has 0 spiro atoms. The minimum Gasteiger partial charge on any atom is -0.478 e. The molecule has 0 bridgehead atoms. The number of carbonyl (C=O) groups is 1. The topological polar surface area (TPSA) is 72.9 Å². The van der Waals surface area contributed by atoms with E-state index in [-0.39, 0.29) is 5.56 Å². The summed E-state index contributed by atoms with van der Waals surface area (Å²) < 4.78 is 3.51. The van der Waals surface area contributed by atoms with E-state index in [0.717, 1.165) is 11.4 Å². The second-order valence-corrected chi connectivity index (χ2v) is 3.98. The Labute approximate surface area is 108 Å². The van der Waals surface area contributed by atoms with Gasteiger partial charge in [0, 0.05) is 36.2 Å². The van der Waals surface area contributed by atoms with Crippen LogP contribution in [0.25, 0.3) is 11.4 Å². The highest BCUT2D eigenvalue weighted by Gasteiger charge is 2.09. The van der Waals surface area contributed by atoms with Gasteiger partial charge in [-0.1, -0.05) is 0 Å². The predicted molar refractivity (Wildman–Crippen MR) is 67.6 cm³/mol. The summed E-state index contributed by atoms with van der Waals surface area (Å²) in [6, 6.07) is 5.07. The van der Waals surface area contributed by atoms with Crippen LogP contribution in [0.5, 0.6) is 0 Å². The molecule has 6 nitrogen and oxygen atoms in total. The summed E-state index contributed by atoms with van der Waals surface area (Å²) >= 11 is 0. The Morgan fingerprint density at radius 2 is 1.47 bits per heavy atom. The van der Waals surface area contributed by atoms with Crippen LogP contribution >= 0.6 is 0 Å². The van der Waals surface area contributed by atoms with Crippen molar-refractivity contribution < 1.29 is 9.90 Å². The van der Waals surface area contributed by atoms with Gasteiger partial charge in [-0.15, -0.1) is 0 Å². The van der Waals surface area contributed by atoms with Gasteiger partial charge >= 0.3 is 5.97 Å². The molecule has 0 fully saturated rings. The monoisotopic (exact) mass is 254 g/mol. The van der Waals surface area contributed by atoms with Crippen LogP contribution in [0.3, 0.4) is 0 Å². The zero-order valence-corrected chi connectivity index (χ0v) is 9.84. The van der Waals surface area contributed by atoms with Crippen molar-refractivity contribution in [3.05, 3.63) is 61.2 Å². The van der Waals surface area contributed by atoms with Gasteiger partial charge in [0.1, 0.15) is 0 Å². The first-order chi connectivity index (χ1) is 9.24. The molecule has 3 rings (SSSR count). The maximum absolute atomic E-state index is 11.2. The summed E-state index contributed by atoms with van der Waals surface area (Å²) in [5, 5.41) is 9.18. The van der Waals surface area contributed by atoms with Gasteiger partial charge in [-0.2, -0.15) is 0 Å². The number of carboxylic acids is 1. The second-order valence-electron chi connectivity index (χ2n) is 3.98. The number of aromatic nitrogens is 4. The number of hydrogen-bond acceptors (Lipinski definition) is 3. The van der Waals surface area contributed by atoms with E-state index in [1.807, 2.05) is 6.07 Å². The van der Waals surface area contributed by atoms with Crippen molar-refractivity contribution in [2.24, 2.45) is 0 Å². The lowest BCUT2D eigenvalue weighted by atomic mass is 10.1. The smallest absolute Gasteiger partial charge is 0.335 e. The van der Waals surface area contributed by atoms with E-state index in [1.165, 1.54) is 0 Å². The van der Waals surface area contributed by atoms with Gasteiger partial charge in [0.2, 0.25) is 0 Å². The lowest BCUT2D eigenvalue weighted by molar-refractivity contribution is 0.0697. The van der Waals surface area contributed by atoms with Crippen LogP contribution in [-0.4, -0.2) is 30.2 Å². The molecule has 0 aliphatic carbocycles. The van der Waals surface area contributed by atoms with Crippen LogP contribution in [0.4, 0.5) is 0 Å². The molecule has 2 heterocycles. The predicted octanol–water partition coefficient (Wildman–Crippen LogP) is 1.76. The van der Waals surface area contributed by atoms with E-state index in [9.17, 15) is 9.90 Å². The minimum absolute atomic E-state index is 0.218. The molecule has 0 atom stereocenters. The van der Waals surface area contributed by atoms with Gasteiger partial charge in [0.15, 0.2) is 0 Å². The zero-order chi connectivity index (χ0) is 13.2. The van der Waals surface area contributed by atoms with Gasteiger partial charge in [0.25, 0.3) is 0 Å². The molecule has 94 valence electrons. The molecule has 6 heteroatoms. The summed E-state index contributed by atoms with van der Waals surface area (Å²) in [6.45, 7) is 0. The van der Waals surface area contributed by atoms with Crippen molar-refractivity contribution in [3.63, 3.8) is 0 Å². The van der Waals surface area contributed by atoms with E-state index in [0.29, 0.717) is 0 Å². The number of hydrogen-bond donors (Lipinski definition) is 1. The van der Waals surface area contributed by atoms with Gasteiger partial charge in [-0.25, -0.2) is 14.8 Å². The Balaban J connectivity index is 2.18. The normalized spacial score (nSPS) is 10.5. The molecule has 2 aromatic heterocycles. The third-order valence-electron chi connectivity index (χ3n) is 2.75. The van der Waals surface area contributed by atoms with Gasteiger partial charge in [-0.05, 0) is 18.2 Å². The number of nitrogens with zero attached hydrogens (tertiary/aromatic N) is 4. The Morgan fingerprint density at radius 1 is 0.947 bits per heavy atom. The van der Waals surface area contributed by atoms with Crippen LogP contribution in [0, 0.1) is 0 Å². The first-order valence-corrected chi connectivity index (χ1v) is 5.59. The number of imidazole rings is 2. The molecular weight excluding hydrogens is 244 g/mol. The average molecular weight is 254 g/mol. The van der Waals surface area contributed by atoms with Crippen molar-refractivity contribution in [3.8, 4) is 11.4 Å². The lowest BCUT2D eigenvalue weighted by Crippen LogP contribution is -2.02. The molecule has 0 radical (unpaired) electrons. The SMILES string of the molecule is O=C(O)c1cc(-n2ccnc2)cc(-n2ccnc2)c1. The van der Waals surface area contributed by atoms with E-state index in [2.05, 4.69) is 9.97 Å². The maximum atomic E-state index is 11.2. The summed E-state index contributed by atoms with van der Waals surface area (Å²) in [5.74, 6) is -0.969. The third kappa shape index (κ3) is 2.11. The Bertz CT molecular complexity index is 650. The largest absolute Gasteiger partial charge is 0.478 e.